The molecule has 0 aliphatic carbocycles. The van der Waals surface area contributed by atoms with Crippen LogP contribution in [-0.4, -0.2) is 43.1 Å². The van der Waals surface area contributed by atoms with Gasteiger partial charge in [0.2, 0.25) is 5.91 Å². The lowest BCUT2D eigenvalue weighted by Gasteiger charge is -2.32. The molecule has 5 amide bonds. The van der Waals surface area contributed by atoms with Crippen molar-refractivity contribution in [1.29, 1.82) is 0 Å². The van der Waals surface area contributed by atoms with Crippen molar-refractivity contribution in [3.63, 3.8) is 0 Å². The highest BCUT2D eigenvalue weighted by Crippen LogP contribution is 2.43. The summed E-state index contributed by atoms with van der Waals surface area (Å²) in [5, 5.41) is 37.2. The summed E-state index contributed by atoms with van der Waals surface area (Å²) in [6, 6.07) is 9.55. The zero-order valence-electron chi connectivity index (χ0n) is 39.0. The van der Waals surface area contributed by atoms with Gasteiger partial charge in [-0.3, -0.25) is 9.69 Å². The van der Waals surface area contributed by atoms with Crippen molar-refractivity contribution in [2.45, 2.75) is 184 Å². The quantitative estimate of drug-likeness (QED) is 0.196. The van der Waals surface area contributed by atoms with Crippen LogP contribution in [0.5, 0.6) is 17.2 Å². The van der Waals surface area contributed by atoms with Crippen molar-refractivity contribution in [3.8, 4) is 17.2 Å². The van der Waals surface area contributed by atoms with E-state index in [9.17, 15) is 29.7 Å². The minimum atomic E-state index is -0.813. The summed E-state index contributed by atoms with van der Waals surface area (Å²) in [6.07, 6.45) is 0. The molecule has 58 heavy (non-hydrogen) atoms. The van der Waals surface area contributed by atoms with Gasteiger partial charge in [-0.1, -0.05) is 125 Å². The largest absolute Gasteiger partial charge is 0.507 e. The van der Waals surface area contributed by atoms with Crippen molar-refractivity contribution in [2.75, 3.05) is 0 Å². The van der Waals surface area contributed by atoms with E-state index in [0.29, 0.717) is 33.4 Å². The average molecular weight is 800 g/mol. The predicted molar refractivity (Wildman–Crippen MR) is 236 cm³/mol. The number of rotatable bonds is 6. The summed E-state index contributed by atoms with van der Waals surface area (Å²) < 4.78 is 0. The molecule has 9 heteroatoms. The van der Waals surface area contributed by atoms with Gasteiger partial charge in [0.05, 0.1) is 13.1 Å². The fraction of sp³-hybridized carbons (Fsp3) is 0.571. The molecule has 0 saturated heterocycles. The molecule has 0 aromatic heterocycles. The van der Waals surface area contributed by atoms with E-state index in [-0.39, 0.29) is 36.9 Å². The highest BCUT2D eigenvalue weighted by molar-refractivity contribution is 6.01. The third-order valence-electron chi connectivity index (χ3n) is 10.6. The molecule has 0 bridgehead atoms. The standard InChI is InChI=1S/C49H73N3O6/c1-29(53)51(27-31-22-35(46(8,9)10)40(55)36(23-31)47(11,12)13)43(58)52(28-32-24-37(48(14,15)16)41(56)38(25-32)49(17,18)19)42(57)50-26-30-20-33(44(2,3)4)39(54)34(21-30)45(5,6)7/h20-25,54-56H,26-28H2,1-19H3,(H,50,57). The van der Waals surface area contributed by atoms with Gasteiger partial charge < -0.3 is 20.6 Å². The number of nitrogens with zero attached hydrogens (tertiary/aromatic N) is 2. The Labute approximate surface area is 349 Å². The second-order valence-corrected chi connectivity index (χ2v) is 22.3. The molecule has 4 N–H and O–H groups in total. The Kier molecular flexibility index (Phi) is 13.4. The van der Waals surface area contributed by atoms with Crippen molar-refractivity contribution in [2.24, 2.45) is 0 Å². The molecular weight excluding hydrogens is 727 g/mol. The van der Waals surface area contributed by atoms with Crippen LogP contribution < -0.4 is 5.32 Å². The molecule has 9 nitrogen and oxygen atoms in total. The maximum absolute atomic E-state index is 14.9. The highest BCUT2D eigenvalue weighted by Gasteiger charge is 2.34. The fourth-order valence-electron chi connectivity index (χ4n) is 7.12. The molecule has 0 unspecified atom stereocenters. The lowest BCUT2D eigenvalue weighted by atomic mass is 9.78. The minimum absolute atomic E-state index is 0.0486. The van der Waals surface area contributed by atoms with Gasteiger partial charge >= 0.3 is 12.1 Å². The molecule has 0 atom stereocenters. The number of nitrogens with one attached hydrogen (secondary N) is 1. The van der Waals surface area contributed by atoms with E-state index in [1.54, 1.807) is 0 Å². The fourth-order valence-corrected chi connectivity index (χ4v) is 7.12. The third-order valence-corrected chi connectivity index (χ3v) is 10.6. The van der Waals surface area contributed by atoms with Crippen molar-refractivity contribution in [3.05, 3.63) is 86.5 Å². The molecule has 0 heterocycles. The zero-order chi connectivity index (χ0) is 44.9. The van der Waals surface area contributed by atoms with E-state index in [2.05, 4.69) is 5.32 Å². The molecule has 3 rings (SSSR count). The Morgan fingerprint density at radius 1 is 0.448 bits per heavy atom. The Morgan fingerprint density at radius 2 is 0.690 bits per heavy atom. The van der Waals surface area contributed by atoms with Gasteiger partial charge in [0.25, 0.3) is 0 Å². The molecule has 0 aliphatic heterocycles. The van der Waals surface area contributed by atoms with E-state index in [1.807, 2.05) is 161 Å². The molecule has 3 aromatic carbocycles. The summed E-state index contributed by atoms with van der Waals surface area (Å²) in [5.74, 6) is 0.0227. The Bertz CT molecular complexity index is 1930. The summed E-state index contributed by atoms with van der Waals surface area (Å²) in [6.45, 7) is 37.1. The Balaban J connectivity index is 2.25. The van der Waals surface area contributed by atoms with Gasteiger partial charge in [0.15, 0.2) is 0 Å². The summed E-state index contributed by atoms with van der Waals surface area (Å²) in [7, 11) is 0. The first-order chi connectivity index (χ1) is 26.0. The van der Waals surface area contributed by atoms with Crippen LogP contribution in [0.4, 0.5) is 9.59 Å². The monoisotopic (exact) mass is 800 g/mol. The number of hydrogen-bond donors (Lipinski definition) is 4. The molecule has 0 saturated carbocycles. The minimum Gasteiger partial charge on any atom is -0.507 e. The first kappa shape index (κ1) is 47.8. The van der Waals surface area contributed by atoms with Crippen LogP contribution in [0.1, 0.15) is 182 Å². The van der Waals surface area contributed by atoms with Crippen LogP contribution in [0.15, 0.2) is 36.4 Å². The highest BCUT2D eigenvalue weighted by atomic mass is 16.3. The number of phenolic OH excluding ortho intramolecular Hbond substituents is 3. The number of phenols is 3. The van der Waals surface area contributed by atoms with Gasteiger partial charge in [-0.05, 0) is 119 Å². The van der Waals surface area contributed by atoms with E-state index >= 15 is 0 Å². The van der Waals surface area contributed by atoms with E-state index in [0.717, 1.165) is 26.5 Å². The van der Waals surface area contributed by atoms with Crippen LogP contribution in [0, 0.1) is 0 Å². The van der Waals surface area contributed by atoms with Gasteiger partial charge in [-0.25, -0.2) is 14.5 Å². The third kappa shape index (κ3) is 11.1. The van der Waals surface area contributed by atoms with Crippen LogP contribution in [0.2, 0.25) is 0 Å². The number of carbonyl (C=O) groups is 3. The normalized spacial score (nSPS) is 13.0. The molecule has 0 spiro atoms. The van der Waals surface area contributed by atoms with Crippen LogP contribution in [0.25, 0.3) is 0 Å². The first-order valence-electron chi connectivity index (χ1n) is 20.4. The summed E-state index contributed by atoms with van der Waals surface area (Å²) in [5.41, 5.74) is 3.60. The van der Waals surface area contributed by atoms with Crippen molar-refractivity contribution in [1.82, 2.24) is 15.1 Å². The van der Waals surface area contributed by atoms with Gasteiger partial charge in [0.1, 0.15) is 17.2 Å². The molecule has 0 aliphatic rings. The van der Waals surface area contributed by atoms with E-state index in [1.165, 1.54) is 6.92 Å². The van der Waals surface area contributed by atoms with Crippen LogP contribution >= 0.6 is 0 Å². The lowest BCUT2D eigenvalue weighted by molar-refractivity contribution is -0.126. The van der Waals surface area contributed by atoms with Gasteiger partial charge in [0, 0.05) is 13.5 Å². The summed E-state index contributed by atoms with van der Waals surface area (Å²) >= 11 is 0. The SMILES string of the molecule is CC(=O)N(Cc1cc(C(C)(C)C)c(O)c(C(C)(C)C)c1)C(=O)N(Cc1cc(C(C)(C)C)c(O)c(C(C)(C)C)c1)C(=O)NCc1cc(C(C)(C)C)c(O)c(C(C)(C)C)c1. The number of benzene rings is 3. The van der Waals surface area contributed by atoms with E-state index < -0.39 is 50.5 Å². The predicted octanol–water partition coefficient (Wildman–Crippen LogP) is 11.5. The van der Waals surface area contributed by atoms with Gasteiger partial charge in [-0.2, -0.15) is 0 Å². The number of urea groups is 2. The molecule has 0 fully saturated rings. The Hall–Kier alpha value is -4.53. The van der Waals surface area contributed by atoms with Crippen LogP contribution in [0.3, 0.4) is 0 Å². The summed E-state index contributed by atoms with van der Waals surface area (Å²) in [4.78, 5) is 45.1. The zero-order valence-corrected chi connectivity index (χ0v) is 39.0. The molecule has 0 radical (unpaired) electrons. The number of aromatic hydroxyl groups is 3. The average Bonchev–Trinajstić information content (AvgIpc) is 3.02. The first-order valence-corrected chi connectivity index (χ1v) is 20.4. The maximum Gasteiger partial charge on any atom is 0.335 e. The molecule has 320 valence electrons. The number of imide groups is 2. The lowest BCUT2D eigenvalue weighted by Crippen LogP contribution is -2.50. The second kappa shape index (κ2) is 16.3. The number of amides is 5. The Morgan fingerprint density at radius 3 is 0.931 bits per heavy atom. The topological polar surface area (TPSA) is 130 Å². The van der Waals surface area contributed by atoms with Crippen molar-refractivity contribution >= 4 is 18.0 Å². The number of hydrogen-bond acceptors (Lipinski definition) is 6. The smallest absolute Gasteiger partial charge is 0.335 e. The van der Waals surface area contributed by atoms with E-state index in [4.69, 9.17) is 0 Å². The van der Waals surface area contributed by atoms with Crippen LogP contribution in [-0.2, 0) is 56.9 Å². The molecule has 3 aromatic rings. The molecular formula is C49H73N3O6. The maximum atomic E-state index is 14.9. The number of carbonyl (C=O) groups excluding carboxylic acids is 3. The van der Waals surface area contributed by atoms with Crippen molar-refractivity contribution < 1.29 is 29.7 Å². The second-order valence-electron chi connectivity index (χ2n) is 22.3. The van der Waals surface area contributed by atoms with Gasteiger partial charge in [-0.15, -0.1) is 0 Å².